The van der Waals surface area contributed by atoms with Crippen molar-refractivity contribution in [1.82, 2.24) is 0 Å². The maximum absolute atomic E-state index is 13.5. The SMILES string of the molecule is O=Cc1ccc(F)c(-c2ccc(F)cc2)c1. The van der Waals surface area contributed by atoms with Gasteiger partial charge in [0.05, 0.1) is 0 Å². The molecule has 0 aliphatic heterocycles. The summed E-state index contributed by atoms with van der Waals surface area (Å²) in [7, 11) is 0. The van der Waals surface area contributed by atoms with Gasteiger partial charge in [-0.25, -0.2) is 8.78 Å². The van der Waals surface area contributed by atoms with Gasteiger partial charge in [0.1, 0.15) is 17.9 Å². The summed E-state index contributed by atoms with van der Waals surface area (Å²) < 4.78 is 26.2. The average molecular weight is 218 g/mol. The summed E-state index contributed by atoms with van der Waals surface area (Å²) in [5, 5.41) is 0. The average Bonchev–Trinajstić information content (AvgIpc) is 2.31. The Hall–Kier alpha value is -2.03. The van der Waals surface area contributed by atoms with E-state index in [1.807, 2.05) is 0 Å². The molecule has 0 radical (unpaired) electrons. The maximum Gasteiger partial charge on any atom is 0.150 e. The first kappa shape index (κ1) is 10.5. The quantitative estimate of drug-likeness (QED) is 0.705. The van der Waals surface area contributed by atoms with Crippen molar-refractivity contribution in [2.45, 2.75) is 0 Å². The summed E-state index contributed by atoms with van der Waals surface area (Å²) >= 11 is 0. The number of benzene rings is 2. The van der Waals surface area contributed by atoms with Gasteiger partial charge < -0.3 is 0 Å². The first-order valence-electron chi connectivity index (χ1n) is 4.71. The van der Waals surface area contributed by atoms with Crippen LogP contribution in [0.25, 0.3) is 11.1 Å². The van der Waals surface area contributed by atoms with Crippen molar-refractivity contribution >= 4 is 6.29 Å². The standard InChI is InChI=1S/C13H8F2O/c14-11-4-2-10(3-5-11)12-7-9(8-16)1-6-13(12)15/h1-8H. The summed E-state index contributed by atoms with van der Waals surface area (Å²) in [6.45, 7) is 0. The summed E-state index contributed by atoms with van der Waals surface area (Å²) in [6.07, 6.45) is 0.645. The van der Waals surface area contributed by atoms with Crippen molar-refractivity contribution in [3.63, 3.8) is 0 Å². The van der Waals surface area contributed by atoms with Crippen molar-refractivity contribution in [1.29, 1.82) is 0 Å². The molecule has 0 bridgehead atoms. The number of carbonyl (C=O) groups is 1. The molecule has 0 unspecified atom stereocenters. The molecule has 80 valence electrons. The first-order chi connectivity index (χ1) is 7.70. The van der Waals surface area contributed by atoms with Crippen molar-refractivity contribution in [2.75, 3.05) is 0 Å². The van der Waals surface area contributed by atoms with Crippen molar-refractivity contribution in [3.05, 3.63) is 59.7 Å². The van der Waals surface area contributed by atoms with Crippen molar-refractivity contribution in [2.24, 2.45) is 0 Å². The highest BCUT2D eigenvalue weighted by Crippen LogP contribution is 2.23. The van der Waals surface area contributed by atoms with E-state index >= 15 is 0 Å². The lowest BCUT2D eigenvalue weighted by molar-refractivity contribution is 0.112. The van der Waals surface area contributed by atoms with Gasteiger partial charge in [0.2, 0.25) is 0 Å². The van der Waals surface area contributed by atoms with Crippen LogP contribution in [0.3, 0.4) is 0 Å². The Morgan fingerprint density at radius 3 is 2.25 bits per heavy atom. The van der Waals surface area contributed by atoms with Crippen LogP contribution in [-0.2, 0) is 0 Å². The normalized spacial score (nSPS) is 10.1. The van der Waals surface area contributed by atoms with Crippen LogP contribution in [0.1, 0.15) is 10.4 Å². The van der Waals surface area contributed by atoms with E-state index in [2.05, 4.69) is 0 Å². The molecule has 3 heteroatoms. The molecular formula is C13H8F2O. The Balaban J connectivity index is 2.54. The molecule has 0 heterocycles. The van der Waals surface area contributed by atoms with Gasteiger partial charge >= 0.3 is 0 Å². The van der Waals surface area contributed by atoms with E-state index in [9.17, 15) is 13.6 Å². The van der Waals surface area contributed by atoms with Gasteiger partial charge in [-0.15, -0.1) is 0 Å². The van der Waals surface area contributed by atoms with Crippen molar-refractivity contribution < 1.29 is 13.6 Å². The summed E-state index contributed by atoms with van der Waals surface area (Å²) in [4.78, 5) is 10.6. The van der Waals surface area contributed by atoms with Crippen LogP contribution in [0.5, 0.6) is 0 Å². The second-order valence-corrected chi connectivity index (χ2v) is 3.36. The molecule has 0 fully saturated rings. The summed E-state index contributed by atoms with van der Waals surface area (Å²) in [6, 6.07) is 9.52. The van der Waals surface area contributed by atoms with E-state index < -0.39 is 5.82 Å². The van der Waals surface area contributed by atoms with E-state index in [1.165, 1.54) is 42.5 Å². The molecule has 0 saturated carbocycles. The van der Waals surface area contributed by atoms with Gasteiger partial charge in [-0.2, -0.15) is 0 Å². The van der Waals surface area contributed by atoms with Gasteiger partial charge in [0.25, 0.3) is 0 Å². The lowest BCUT2D eigenvalue weighted by atomic mass is 10.0. The Labute approximate surface area is 91.3 Å². The van der Waals surface area contributed by atoms with Gasteiger partial charge in [0, 0.05) is 11.1 Å². The molecule has 0 amide bonds. The Morgan fingerprint density at radius 1 is 0.938 bits per heavy atom. The number of hydrogen-bond donors (Lipinski definition) is 0. The van der Waals surface area contributed by atoms with E-state index in [1.54, 1.807) is 0 Å². The van der Waals surface area contributed by atoms with Crippen LogP contribution in [-0.4, -0.2) is 6.29 Å². The molecule has 16 heavy (non-hydrogen) atoms. The minimum Gasteiger partial charge on any atom is -0.298 e. The summed E-state index contributed by atoms with van der Waals surface area (Å²) in [5.41, 5.74) is 1.23. The highest BCUT2D eigenvalue weighted by atomic mass is 19.1. The third-order valence-corrected chi connectivity index (χ3v) is 2.28. The summed E-state index contributed by atoms with van der Waals surface area (Å²) in [5.74, 6) is -0.812. The lowest BCUT2D eigenvalue weighted by Crippen LogP contribution is -1.88. The molecule has 0 spiro atoms. The Morgan fingerprint density at radius 2 is 1.62 bits per heavy atom. The third kappa shape index (κ3) is 1.98. The lowest BCUT2D eigenvalue weighted by Gasteiger charge is -2.04. The van der Waals surface area contributed by atoms with Gasteiger partial charge in [-0.1, -0.05) is 12.1 Å². The zero-order chi connectivity index (χ0) is 11.5. The monoisotopic (exact) mass is 218 g/mol. The minimum atomic E-state index is -0.433. The van der Waals surface area contributed by atoms with Crippen LogP contribution >= 0.6 is 0 Å². The number of hydrogen-bond acceptors (Lipinski definition) is 1. The number of rotatable bonds is 2. The molecule has 0 aliphatic carbocycles. The minimum absolute atomic E-state index is 0.296. The molecule has 0 N–H and O–H groups in total. The van der Waals surface area contributed by atoms with E-state index in [-0.39, 0.29) is 5.82 Å². The second-order valence-electron chi connectivity index (χ2n) is 3.36. The molecule has 0 atom stereocenters. The zero-order valence-electron chi connectivity index (χ0n) is 8.28. The first-order valence-corrected chi connectivity index (χ1v) is 4.71. The second kappa shape index (κ2) is 4.23. The fraction of sp³-hybridized carbons (Fsp3) is 0. The molecule has 0 aromatic heterocycles. The van der Waals surface area contributed by atoms with E-state index in [0.717, 1.165) is 0 Å². The van der Waals surface area contributed by atoms with Gasteiger partial charge in [-0.05, 0) is 35.9 Å². The predicted molar refractivity (Wildman–Crippen MR) is 57.2 cm³/mol. The smallest absolute Gasteiger partial charge is 0.150 e. The molecule has 2 aromatic rings. The Kier molecular flexibility index (Phi) is 2.77. The van der Waals surface area contributed by atoms with Gasteiger partial charge in [-0.3, -0.25) is 4.79 Å². The topological polar surface area (TPSA) is 17.1 Å². The van der Waals surface area contributed by atoms with Crippen LogP contribution in [0.4, 0.5) is 8.78 Å². The molecule has 0 aliphatic rings. The number of halogens is 2. The van der Waals surface area contributed by atoms with Gasteiger partial charge in [0.15, 0.2) is 0 Å². The van der Waals surface area contributed by atoms with Crippen LogP contribution in [0.2, 0.25) is 0 Å². The highest BCUT2D eigenvalue weighted by Gasteiger charge is 2.06. The molecular weight excluding hydrogens is 210 g/mol. The van der Waals surface area contributed by atoms with Crippen LogP contribution in [0.15, 0.2) is 42.5 Å². The molecule has 2 aromatic carbocycles. The molecule has 2 rings (SSSR count). The number of carbonyl (C=O) groups excluding carboxylic acids is 1. The third-order valence-electron chi connectivity index (χ3n) is 2.28. The van der Waals surface area contributed by atoms with E-state index in [0.29, 0.717) is 23.0 Å². The molecule has 0 saturated heterocycles. The predicted octanol–water partition coefficient (Wildman–Crippen LogP) is 3.44. The zero-order valence-corrected chi connectivity index (χ0v) is 8.28. The van der Waals surface area contributed by atoms with Crippen molar-refractivity contribution in [3.8, 4) is 11.1 Å². The van der Waals surface area contributed by atoms with Crippen LogP contribution < -0.4 is 0 Å². The Bertz CT molecular complexity index is 518. The number of aldehydes is 1. The largest absolute Gasteiger partial charge is 0.298 e. The fourth-order valence-corrected chi connectivity index (χ4v) is 1.47. The van der Waals surface area contributed by atoms with Crippen LogP contribution in [0, 0.1) is 11.6 Å². The van der Waals surface area contributed by atoms with E-state index in [4.69, 9.17) is 0 Å². The maximum atomic E-state index is 13.5. The molecule has 1 nitrogen and oxygen atoms in total. The highest BCUT2D eigenvalue weighted by molar-refractivity contribution is 5.79. The fourth-order valence-electron chi connectivity index (χ4n) is 1.47.